The van der Waals surface area contributed by atoms with Gasteiger partial charge in [-0.15, -0.1) is 0 Å². The van der Waals surface area contributed by atoms with Crippen molar-refractivity contribution in [2.24, 2.45) is 0 Å². The number of benzene rings is 2. The highest BCUT2D eigenvalue weighted by Crippen LogP contribution is 2.25. The molecule has 6 nitrogen and oxygen atoms in total. The third kappa shape index (κ3) is 4.43. The smallest absolute Gasteiger partial charge is 0.257 e. The van der Waals surface area contributed by atoms with E-state index in [1.807, 2.05) is 16.7 Å². The number of halogens is 1. The molecule has 0 saturated carbocycles. The van der Waals surface area contributed by atoms with Crippen LogP contribution in [0.25, 0.3) is 5.69 Å². The molecule has 1 saturated heterocycles. The normalized spacial score (nSPS) is 15.7. The van der Waals surface area contributed by atoms with Crippen molar-refractivity contribution >= 4 is 23.2 Å². The maximum absolute atomic E-state index is 12.6. The Hall–Kier alpha value is -3.27. The lowest BCUT2D eigenvalue weighted by Gasteiger charge is -2.14. The fourth-order valence-electron chi connectivity index (χ4n) is 3.09. The van der Waals surface area contributed by atoms with Crippen LogP contribution in [0.2, 0.25) is 5.02 Å². The summed E-state index contributed by atoms with van der Waals surface area (Å²) in [5.74, 6) is 0.231. The predicted octanol–water partition coefficient (Wildman–Crippen LogP) is 4.42. The van der Waals surface area contributed by atoms with Gasteiger partial charge >= 0.3 is 0 Å². The summed E-state index contributed by atoms with van der Waals surface area (Å²) in [4.78, 5) is 12.6. The minimum atomic E-state index is -0.264. The van der Waals surface area contributed by atoms with Crippen molar-refractivity contribution in [3.8, 4) is 17.5 Å². The lowest BCUT2D eigenvalue weighted by Crippen LogP contribution is -2.16. The van der Waals surface area contributed by atoms with Crippen molar-refractivity contribution in [3.05, 3.63) is 77.1 Å². The van der Waals surface area contributed by atoms with Gasteiger partial charge in [0.2, 0.25) is 0 Å². The highest BCUT2D eigenvalue weighted by Gasteiger charge is 2.19. The first-order valence-electron chi connectivity index (χ1n) is 9.16. The first-order chi connectivity index (χ1) is 14.1. The SMILES string of the molecule is N#Cc1cc(NC(=O)c2ccn(-c3ccc(Cl)cc3)c2)ccc1OC1CCOC1. The third-order valence-electron chi connectivity index (χ3n) is 4.62. The number of hydrogen-bond donors (Lipinski definition) is 1. The van der Waals surface area contributed by atoms with E-state index in [4.69, 9.17) is 21.1 Å². The Labute approximate surface area is 173 Å². The third-order valence-corrected chi connectivity index (χ3v) is 4.87. The number of hydrogen-bond acceptors (Lipinski definition) is 4. The highest BCUT2D eigenvalue weighted by molar-refractivity contribution is 6.30. The fraction of sp³-hybridized carbons (Fsp3) is 0.182. The largest absolute Gasteiger partial charge is 0.487 e. The first-order valence-corrected chi connectivity index (χ1v) is 9.54. The lowest BCUT2D eigenvalue weighted by atomic mass is 10.1. The van der Waals surface area contributed by atoms with Crippen LogP contribution in [0.15, 0.2) is 60.9 Å². The molecule has 29 heavy (non-hydrogen) atoms. The van der Waals surface area contributed by atoms with Crippen molar-refractivity contribution in [1.29, 1.82) is 5.26 Å². The second kappa shape index (κ2) is 8.39. The van der Waals surface area contributed by atoms with E-state index in [9.17, 15) is 10.1 Å². The standard InChI is InChI=1S/C22H18ClN3O3/c23-17-1-4-19(5-2-17)26-9-7-15(13-26)22(27)25-18-3-6-21(16(11-18)12-24)29-20-8-10-28-14-20/h1-7,9,11,13,20H,8,10,14H2,(H,25,27). The summed E-state index contributed by atoms with van der Waals surface area (Å²) in [7, 11) is 0. The molecular weight excluding hydrogens is 390 g/mol. The van der Waals surface area contributed by atoms with Crippen LogP contribution in [0.4, 0.5) is 5.69 Å². The van der Waals surface area contributed by atoms with Crippen molar-refractivity contribution < 1.29 is 14.3 Å². The molecule has 0 spiro atoms. The Bertz CT molecular complexity index is 1060. The number of ether oxygens (including phenoxy) is 2. The lowest BCUT2D eigenvalue weighted by molar-refractivity contribution is 0.102. The number of nitrogens with one attached hydrogen (secondary N) is 1. The molecule has 7 heteroatoms. The minimum Gasteiger partial charge on any atom is -0.487 e. The molecule has 1 atom stereocenters. The van der Waals surface area contributed by atoms with Gasteiger partial charge in [0.25, 0.3) is 5.91 Å². The molecule has 1 N–H and O–H groups in total. The predicted molar refractivity (Wildman–Crippen MR) is 110 cm³/mol. The molecule has 0 aliphatic carbocycles. The van der Waals surface area contributed by atoms with Crippen LogP contribution in [0, 0.1) is 11.3 Å². The zero-order valence-electron chi connectivity index (χ0n) is 15.5. The molecule has 3 aromatic rings. The minimum absolute atomic E-state index is 0.0461. The van der Waals surface area contributed by atoms with E-state index in [0.717, 1.165) is 12.1 Å². The molecule has 1 aliphatic heterocycles. The highest BCUT2D eigenvalue weighted by atomic mass is 35.5. The number of amides is 1. The number of nitriles is 1. The van der Waals surface area contributed by atoms with E-state index >= 15 is 0 Å². The van der Waals surface area contributed by atoms with Crippen LogP contribution in [-0.2, 0) is 4.74 Å². The first kappa shape index (κ1) is 19.1. The van der Waals surface area contributed by atoms with Gasteiger partial charge in [-0.1, -0.05) is 11.6 Å². The van der Waals surface area contributed by atoms with Crippen molar-refractivity contribution in [2.75, 3.05) is 18.5 Å². The van der Waals surface area contributed by atoms with Gasteiger partial charge in [0.15, 0.2) is 0 Å². The molecule has 4 rings (SSSR count). The average molecular weight is 408 g/mol. The summed E-state index contributed by atoms with van der Waals surface area (Å²) < 4.78 is 13.0. The Morgan fingerprint density at radius 2 is 2.07 bits per heavy atom. The second-order valence-electron chi connectivity index (χ2n) is 6.66. The van der Waals surface area contributed by atoms with Crippen LogP contribution in [0.1, 0.15) is 22.3 Å². The molecule has 146 valence electrons. The van der Waals surface area contributed by atoms with Gasteiger partial charge in [-0.3, -0.25) is 4.79 Å². The maximum atomic E-state index is 12.6. The van der Waals surface area contributed by atoms with Gasteiger partial charge in [-0.05, 0) is 48.5 Å². The fourth-order valence-corrected chi connectivity index (χ4v) is 3.22. The Morgan fingerprint density at radius 1 is 1.24 bits per heavy atom. The van der Waals surface area contributed by atoms with Crippen molar-refractivity contribution in [2.45, 2.75) is 12.5 Å². The quantitative estimate of drug-likeness (QED) is 0.679. The monoisotopic (exact) mass is 407 g/mol. The molecule has 1 aliphatic rings. The number of aromatic nitrogens is 1. The molecule has 0 bridgehead atoms. The van der Waals surface area contributed by atoms with E-state index < -0.39 is 0 Å². The topological polar surface area (TPSA) is 76.3 Å². The summed E-state index contributed by atoms with van der Waals surface area (Å²) >= 11 is 5.92. The molecule has 0 radical (unpaired) electrons. The second-order valence-corrected chi connectivity index (χ2v) is 7.10. The van der Waals surface area contributed by atoms with Crippen LogP contribution < -0.4 is 10.1 Å². The van der Waals surface area contributed by atoms with Gasteiger partial charge in [0.05, 0.1) is 24.3 Å². The number of anilines is 1. The van der Waals surface area contributed by atoms with Crippen LogP contribution >= 0.6 is 11.6 Å². The van der Waals surface area contributed by atoms with Gasteiger partial charge in [-0.25, -0.2) is 0 Å². The summed E-state index contributed by atoms with van der Waals surface area (Å²) in [6, 6.07) is 16.2. The van der Waals surface area contributed by atoms with E-state index in [-0.39, 0.29) is 12.0 Å². The molecular formula is C22H18ClN3O3. The summed E-state index contributed by atoms with van der Waals surface area (Å²) in [5, 5.41) is 12.9. The van der Waals surface area contributed by atoms with E-state index in [1.54, 1.807) is 48.8 Å². The zero-order chi connectivity index (χ0) is 20.2. The van der Waals surface area contributed by atoms with Crippen LogP contribution in [0.5, 0.6) is 5.75 Å². The maximum Gasteiger partial charge on any atom is 0.257 e. The van der Waals surface area contributed by atoms with Gasteiger partial charge < -0.3 is 19.4 Å². The summed E-state index contributed by atoms with van der Waals surface area (Å²) in [5.41, 5.74) is 2.30. The Morgan fingerprint density at radius 3 is 2.79 bits per heavy atom. The molecule has 2 heterocycles. The Kier molecular flexibility index (Phi) is 5.52. The van der Waals surface area contributed by atoms with Crippen LogP contribution in [-0.4, -0.2) is 29.8 Å². The molecule has 2 aromatic carbocycles. The molecule has 1 unspecified atom stereocenters. The van der Waals surface area contributed by atoms with Crippen molar-refractivity contribution in [1.82, 2.24) is 4.57 Å². The van der Waals surface area contributed by atoms with E-state index in [1.165, 1.54) is 0 Å². The van der Waals surface area contributed by atoms with Crippen molar-refractivity contribution in [3.63, 3.8) is 0 Å². The number of nitrogens with zero attached hydrogens (tertiary/aromatic N) is 2. The van der Waals surface area contributed by atoms with Gasteiger partial charge in [-0.2, -0.15) is 5.26 Å². The molecule has 1 aromatic heterocycles. The molecule has 1 fully saturated rings. The number of carbonyl (C=O) groups excluding carboxylic acids is 1. The molecule has 1 amide bonds. The van der Waals surface area contributed by atoms with Crippen LogP contribution in [0.3, 0.4) is 0 Å². The summed E-state index contributed by atoms with van der Waals surface area (Å²) in [6.45, 7) is 1.18. The summed E-state index contributed by atoms with van der Waals surface area (Å²) in [6.07, 6.45) is 4.30. The van der Waals surface area contributed by atoms with E-state index in [2.05, 4.69) is 11.4 Å². The number of carbonyl (C=O) groups is 1. The Balaban J connectivity index is 1.47. The van der Waals surface area contributed by atoms with E-state index in [0.29, 0.717) is 40.8 Å². The zero-order valence-corrected chi connectivity index (χ0v) is 16.2. The number of rotatable bonds is 5. The van der Waals surface area contributed by atoms with Gasteiger partial charge in [0, 0.05) is 35.2 Å². The average Bonchev–Trinajstić information content (AvgIpc) is 3.42. The van der Waals surface area contributed by atoms with Gasteiger partial charge in [0.1, 0.15) is 17.9 Å².